The molecule has 8 rings (SSSR count). The number of primary sulfonamides is 1. The average Bonchev–Trinajstić information content (AvgIpc) is 4.10. The number of aliphatic hydroxyl groups is 2. The Kier molecular flexibility index (Phi) is 14.6. The van der Waals surface area contributed by atoms with Gasteiger partial charge in [-0.3, -0.25) is 4.55 Å². The molecule has 6 aromatic rings. The second-order valence-corrected chi connectivity index (χ2v) is 23.4. The lowest BCUT2D eigenvalue weighted by molar-refractivity contribution is 0.304. The molecule has 4 heterocycles. The molecule has 19 heteroatoms. The van der Waals surface area contributed by atoms with E-state index in [0.29, 0.717) is 24.4 Å². The van der Waals surface area contributed by atoms with Crippen molar-refractivity contribution in [3.05, 3.63) is 127 Å². The first-order valence-corrected chi connectivity index (χ1v) is 26.1. The quantitative estimate of drug-likeness (QED) is 0.0710. The van der Waals surface area contributed by atoms with Crippen LogP contribution < -0.4 is 14.9 Å². The van der Waals surface area contributed by atoms with Crippen molar-refractivity contribution in [3.63, 3.8) is 0 Å². The van der Waals surface area contributed by atoms with Crippen LogP contribution in [0.5, 0.6) is 0 Å². The highest BCUT2D eigenvalue weighted by Gasteiger charge is 2.41. The average molecular weight is 987 g/mol. The van der Waals surface area contributed by atoms with Crippen molar-refractivity contribution >= 4 is 87.3 Å². The number of likely N-dealkylation sites (N-methyl/N-ethyl adjacent to an activating group) is 2. The number of nitrogens with two attached hydrogens (primary N) is 1. The van der Waals surface area contributed by atoms with Gasteiger partial charge in [-0.2, -0.15) is 18.9 Å². The number of benzene rings is 2. The van der Waals surface area contributed by atoms with E-state index in [2.05, 4.69) is 66.6 Å². The van der Waals surface area contributed by atoms with Crippen molar-refractivity contribution in [2.24, 2.45) is 5.14 Å². The molecule has 0 aliphatic heterocycles. The first-order chi connectivity index (χ1) is 30.6. The molecular weight excluding hydrogens is 941 g/mol. The van der Waals surface area contributed by atoms with Gasteiger partial charge in [0.1, 0.15) is 10.9 Å². The van der Waals surface area contributed by atoms with Gasteiger partial charge in [-0.05, 0) is 88.0 Å². The number of nitriles is 2. The SMILES string of the molecule is CN(CCO)c1cc2c(s1)-c1sc(C#N)cc1C2(C)C.N#CCc1ccc(S(N)(=O)=O)cc1.[C-]#[N+]/C(=C\c1cc2c(s1)-c1sc(N(C)CCO)cc1C2(C)C)c1ccc(S(=O)(=O)O)cc1. The number of sulfonamides is 1. The summed E-state index contributed by atoms with van der Waals surface area (Å²) in [6.07, 6.45) is 2.09. The molecule has 0 amide bonds. The Morgan fingerprint density at radius 2 is 1.20 bits per heavy atom. The lowest BCUT2D eigenvalue weighted by Gasteiger charge is -2.20. The number of thiophene rings is 4. The third-order valence-corrected chi connectivity index (χ3v) is 17.9. The minimum absolute atomic E-state index is 0.0366. The van der Waals surface area contributed by atoms with Gasteiger partial charge in [0.15, 0.2) is 5.70 Å². The summed E-state index contributed by atoms with van der Waals surface area (Å²) in [7, 11) is -3.91. The van der Waals surface area contributed by atoms with Crippen LogP contribution in [0.2, 0.25) is 0 Å². The van der Waals surface area contributed by atoms with Crippen LogP contribution in [0.1, 0.15) is 70.8 Å². The van der Waals surface area contributed by atoms with E-state index in [1.54, 1.807) is 57.5 Å². The van der Waals surface area contributed by atoms with E-state index in [-0.39, 0.29) is 40.3 Å². The molecule has 0 fully saturated rings. The van der Waals surface area contributed by atoms with Gasteiger partial charge in [-0.25, -0.2) is 18.4 Å². The number of hydrogen-bond donors (Lipinski definition) is 4. The number of anilines is 2. The van der Waals surface area contributed by atoms with Gasteiger partial charge >= 0.3 is 0 Å². The van der Waals surface area contributed by atoms with Crippen molar-refractivity contribution in [2.45, 2.75) is 54.7 Å². The zero-order chi connectivity index (χ0) is 47.6. The molecule has 0 saturated carbocycles. The minimum Gasteiger partial charge on any atom is -0.395 e. The van der Waals surface area contributed by atoms with E-state index < -0.39 is 20.1 Å². The lowest BCUT2D eigenvalue weighted by atomic mass is 9.84. The van der Waals surface area contributed by atoms with Crippen LogP contribution in [0.25, 0.3) is 36.1 Å². The Morgan fingerprint density at radius 3 is 1.65 bits per heavy atom. The van der Waals surface area contributed by atoms with Crippen LogP contribution in [0.15, 0.2) is 82.6 Å². The minimum atomic E-state index is -4.27. The zero-order valence-electron chi connectivity index (χ0n) is 36.3. The molecule has 338 valence electrons. The van der Waals surface area contributed by atoms with Gasteiger partial charge < -0.3 is 20.0 Å². The highest BCUT2D eigenvalue weighted by molar-refractivity contribution is 7.89. The van der Waals surface area contributed by atoms with Crippen LogP contribution in [-0.4, -0.2) is 72.0 Å². The molecule has 0 atom stereocenters. The number of rotatable bonds is 11. The first-order valence-electron chi connectivity index (χ1n) is 19.9. The molecule has 0 unspecified atom stereocenters. The second-order valence-electron chi connectivity index (χ2n) is 16.2. The molecule has 0 bridgehead atoms. The molecule has 13 nitrogen and oxygen atoms in total. The topological polar surface area (TPSA) is 213 Å². The van der Waals surface area contributed by atoms with E-state index in [4.69, 9.17) is 31.9 Å². The Hall–Kier alpha value is -5.21. The third-order valence-electron chi connectivity index (χ3n) is 11.1. The first kappa shape index (κ1) is 49.2. The monoisotopic (exact) mass is 986 g/mol. The predicted octanol–water partition coefficient (Wildman–Crippen LogP) is 9.02. The summed E-state index contributed by atoms with van der Waals surface area (Å²) in [6, 6.07) is 24.4. The van der Waals surface area contributed by atoms with Gasteiger partial charge in [0, 0.05) is 47.8 Å². The molecule has 0 saturated heterocycles. The largest absolute Gasteiger partial charge is 0.395 e. The summed E-state index contributed by atoms with van der Waals surface area (Å²) in [5.74, 6) is 0. The Labute approximate surface area is 395 Å². The Morgan fingerprint density at radius 1 is 0.738 bits per heavy atom. The van der Waals surface area contributed by atoms with Crippen molar-refractivity contribution in [3.8, 4) is 31.6 Å². The molecule has 0 spiro atoms. The van der Waals surface area contributed by atoms with Gasteiger partial charge in [-0.1, -0.05) is 52.0 Å². The molecule has 4 aromatic heterocycles. The van der Waals surface area contributed by atoms with Crippen molar-refractivity contribution in [2.75, 3.05) is 50.2 Å². The summed E-state index contributed by atoms with van der Waals surface area (Å²) in [5, 5.41) is 43.0. The van der Waals surface area contributed by atoms with Crippen LogP contribution in [0, 0.1) is 29.2 Å². The smallest absolute Gasteiger partial charge is 0.294 e. The third kappa shape index (κ3) is 10.3. The maximum absolute atomic E-state index is 11.3. The summed E-state index contributed by atoms with van der Waals surface area (Å²) >= 11 is 6.70. The van der Waals surface area contributed by atoms with E-state index >= 15 is 0 Å². The van der Waals surface area contributed by atoms with E-state index in [9.17, 15) is 21.9 Å². The molecule has 2 aliphatic rings. The Bertz CT molecular complexity index is 3120. The van der Waals surface area contributed by atoms with Crippen LogP contribution in [-0.2, 0) is 37.4 Å². The van der Waals surface area contributed by atoms with Gasteiger partial charge in [0.25, 0.3) is 10.1 Å². The standard InChI is InChI=1S/C23H22N2O4S3.C15H16N2OS2.C8H8N2O2S/c1-23(2)17-11-15(12-19(24-3)14-5-7-16(8-6-14)32(27,28)29)30-21(17)22-18(23)13-20(31-22)25(4)9-10-26;1-15(2)10-6-9(8-16)19-13(10)14-11(15)7-12(20-14)17(3)4-5-18;9-6-5-7-1-3-8(4-2-7)13(10,11)12/h5-8,11-13,26H,9-10H2,1-2,4H3,(H,27,28,29);6-7,18H,4-5H2,1-3H3;1-4H,5H2,(H2,10,11,12)/b19-12-;;. The molecular formula is C46H46N6O7S6. The second kappa shape index (κ2) is 19.3. The summed E-state index contributed by atoms with van der Waals surface area (Å²) in [5.41, 5.74) is 6.70. The maximum atomic E-state index is 11.3. The summed E-state index contributed by atoms with van der Waals surface area (Å²) in [6.45, 7) is 17.9. The highest BCUT2D eigenvalue weighted by Crippen LogP contribution is 2.58. The van der Waals surface area contributed by atoms with Crippen molar-refractivity contribution in [1.29, 1.82) is 10.5 Å². The number of hydrogen-bond acceptors (Lipinski definition) is 14. The number of aliphatic hydroxyl groups excluding tert-OH is 2. The van der Waals surface area contributed by atoms with Crippen LogP contribution in [0.3, 0.4) is 0 Å². The molecule has 2 aliphatic carbocycles. The zero-order valence-corrected chi connectivity index (χ0v) is 41.2. The highest BCUT2D eigenvalue weighted by atomic mass is 32.2. The molecule has 2 aromatic carbocycles. The van der Waals surface area contributed by atoms with Crippen LogP contribution in [0.4, 0.5) is 10.0 Å². The Balaban J connectivity index is 0.000000180. The number of nitrogens with zero attached hydrogens (tertiary/aromatic N) is 5. The normalized spacial score (nSPS) is 13.9. The fourth-order valence-corrected chi connectivity index (χ4v) is 13.7. The van der Waals surface area contributed by atoms with Gasteiger partial charge in [0.05, 0.1) is 66.7 Å². The van der Waals surface area contributed by atoms with Crippen molar-refractivity contribution in [1.82, 2.24) is 0 Å². The molecule has 65 heavy (non-hydrogen) atoms. The summed E-state index contributed by atoms with van der Waals surface area (Å²) in [4.78, 5) is 14.3. The van der Waals surface area contributed by atoms with E-state index in [1.165, 1.54) is 83.2 Å². The lowest BCUT2D eigenvalue weighted by Crippen LogP contribution is -2.20. The predicted molar refractivity (Wildman–Crippen MR) is 263 cm³/mol. The van der Waals surface area contributed by atoms with E-state index in [0.717, 1.165) is 20.3 Å². The van der Waals surface area contributed by atoms with Crippen molar-refractivity contribution < 1.29 is 31.6 Å². The van der Waals surface area contributed by atoms with Crippen LogP contribution >= 0.6 is 45.3 Å². The fourth-order valence-electron chi connectivity index (χ4n) is 7.40. The number of fused-ring (bicyclic) bond motifs is 6. The van der Waals surface area contributed by atoms with Gasteiger partial charge in [-0.15, -0.1) is 45.3 Å². The fraction of sp³-hybridized carbons (Fsp3) is 0.283. The maximum Gasteiger partial charge on any atom is 0.294 e. The molecule has 5 N–H and O–H groups in total. The van der Waals surface area contributed by atoms with E-state index in [1.807, 2.05) is 32.3 Å². The van der Waals surface area contributed by atoms with Gasteiger partial charge in [0.2, 0.25) is 10.0 Å². The molecule has 0 radical (unpaired) electrons. The summed E-state index contributed by atoms with van der Waals surface area (Å²) < 4.78 is 53.3.